The molecule has 1 fully saturated rings. The van der Waals surface area contributed by atoms with E-state index in [0.717, 1.165) is 25.9 Å². The van der Waals surface area contributed by atoms with Gasteiger partial charge in [-0.15, -0.1) is 0 Å². The van der Waals surface area contributed by atoms with Crippen LogP contribution < -0.4 is 15.6 Å². The Balaban J connectivity index is 2.08. The average Bonchev–Trinajstić information content (AvgIpc) is 2.37. The number of sulfonamides is 1. The molecule has 0 saturated carbocycles. The Hall–Kier alpha value is -1.31. The molecule has 1 unspecified atom stereocenters. The first kappa shape index (κ1) is 14.1. The molecule has 0 bridgehead atoms. The third-order valence-electron chi connectivity index (χ3n) is 3.03. The summed E-state index contributed by atoms with van der Waals surface area (Å²) >= 11 is 0. The molecule has 7 heteroatoms. The number of hydrogen-bond acceptors (Lipinski definition) is 5. The molecule has 106 valence electrons. The minimum atomic E-state index is -3.84. The first-order valence-electron chi connectivity index (χ1n) is 6.14. The maximum atomic E-state index is 11.3. The Kier molecular flexibility index (Phi) is 4.28. The summed E-state index contributed by atoms with van der Waals surface area (Å²) in [5.74, 6) is 0.320. The van der Waals surface area contributed by atoms with Crippen molar-refractivity contribution < 1.29 is 17.9 Å². The van der Waals surface area contributed by atoms with E-state index in [1.807, 2.05) is 0 Å². The van der Waals surface area contributed by atoms with Gasteiger partial charge in [0.15, 0.2) is 0 Å². The summed E-state index contributed by atoms with van der Waals surface area (Å²) in [4.78, 5) is -0.116. The third-order valence-corrected chi connectivity index (χ3v) is 4.00. The van der Waals surface area contributed by atoms with Crippen LogP contribution in [0.1, 0.15) is 19.3 Å². The summed E-state index contributed by atoms with van der Waals surface area (Å²) < 4.78 is 33.7. The van der Waals surface area contributed by atoms with Crippen LogP contribution in [0.4, 0.5) is 5.69 Å². The van der Waals surface area contributed by atoms with Crippen molar-refractivity contribution in [1.29, 1.82) is 0 Å². The minimum absolute atomic E-state index is 0.0336. The fraction of sp³-hybridized carbons (Fsp3) is 0.500. The van der Waals surface area contributed by atoms with Gasteiger partial charge in [0.2, 0.25) is 10.0 Å². The van der Waals surface area contributed by atoms with Gasteiger partial charge in [-0.05, 0) is 31.4 Å². The molecule has 1 aromatic rings. The van der Waals surface area contributed by atoms with E-state index in [9.17, 15) is 8.42 Å². The topological polar surface area (TPSA) is 105 Å². The molecule has 2 rings (SSSR count). The molecule has 1 aliphatic heterocycles. The van der Waals surface area contributed by atoms with Crippen LogP contribution in [-0.2, 0) is 14.8 Å². The lowest BCUT2D eigenvalue weighted by atomic mass is 10.1. The molecular weight excluding hydrogens is 268 g/mol. The number of hydrogen-bond donors (Lipinski definition) is 2. The maximum Gasteiger partial charge on any atom is 0.240 e. The van der Waals surface area contributed by atoms with Crippen molar-refractivity contribution >= 4 is 15.7 Å². The van der Waals surface area contributed by atoms with Gasteiger partial charge in [0.05, 0.1) is 11.8 Å². The monoisotopic (exact) mass is 286 g/mol. The zero-order chi connectivity index (χ0) is 13.9. The Bertz CT molecular complexity index is 539. The van der Waals surface area contributed by atoms with Crippen molar-refractivity contribution in [2.75, 3.05) is 18.9 Å². The molecular formula is C12H18N2O4S. The van der Waals surface area contributed by atoms with Crippen LogP contribution in [0, 0.1) is 0 Å². The molecule has 1 saturated heterocycles. The van der Waals surface area contributed by atoms with Crippen LogP contribution in [0.2, 0.25) is 0 Å². The predicted octanol–water partition coefficient (Wildman–Crippen LogP) is 0.864. The summed E-state index contributed by atoms with van der Waals surface area (Å²) in [5.41, 5.74) is 5.80. The van der Waals surface area contributed by atoms with Crippen molar-refractivity contribution in [3.63, 3.8) is 0 Å². The lowest BCUT2D eigenvalue weighted by Gasteiger charge is -2.23. The summed E-state index contributed by atoms with van der Waals surface area (Å²) in [6.07, 6.45) is 3.15. The molecule has 0 aromatic heterocycles. The number of ether oxygens (including phenoxy) is 2. The van der Waals surface area contributed by atoms with E-state index < -0.39 is 10.0 Å². The van der Waals surface area contributed by atoms with Gasteiger partial charge in [-0.1, -0.05) is 6.07 Å². The fourth-order valence-electron chi connectivity index (χ4n) is 2.02. The fourth-order valence-corrected chi connectivity index (χ4v) is 2.69. The summed E-state index contributed by atoms with van der Waals surface area (Å²) in [6, 6.07) is 4.52. The van der Waals surface area contributed by atoms with Gasteiger partial charge in [-0.2, -0.15) is 0 Å². The third kappa shape index (κ3) is 3.59. The van der Waals surface area contributed by atoms with Crippen molar-refractivity contribution in [3.8, 4) is 5.75 Å². The molecule has 19 heavy (non-hydrogen) atoms. The molecule has 1 aliphatic rings. The molecule has 4 N–H and O–H groups in total. The van der Waals surface area contributed by atoms with Gasteiger partial charge in [0.25, 0.3) is 0 Å². The molecule has 1 aromatic carbocycles. The second-order valence-corrected chi connectivity index (χ2v) is 6.04. The second-order valence-electron chi connectivity index (χ2n) is 4.51. The summed E-state index contributed by atoms with van der Waals surface area (Å²) in [6.45, 7) is 1.10. The van der Waals surface area contributed by atoms with E-state index in [0.29, 0.717) is 12.4 Å². The highest BCUT2D eigenvalue weighted by atomic mass is 32.2. The van der Waals surface area contributed by atoms with Crippen molar-refractivity contribution in [2.24, 2.45) is 5.14 Å². The van der Waals surface area contributed by atoms with Crippen LogP contribution in [0.25, 0.3) is 0 Å². The molecule has 1 heterocycles. The van der Waals surface area contributed by atoms with E-state index in [-0.39, 0.29) is 16.7 Å². The predicted molar refractivity (Wildman–Crippen MR) is 71.3 cm³/mol. The Morgan fingerprint density at radius 2 is 2.16 bits per heavy atom. The van der Waals surface area contributed by atoms with Gasteiger partial charge >= 0.3 is 0 Å². The second kappa shape index (κ2) is 5.77. The number of nitrogen functional groups attached to an aromatic ring is 1. The van der Waals surface area contributed by atoms with Gasteiger partial charge in [0.1, 0.15) is 17.3 Å². The van der Waals surface area contributed by atoms with Crippen molar-refractivity contribution in [1.82, 2.24) is 0 Å². The zero-order valence-corrected chi connectivity index (χ0v) is 11.4. The van der Waals surface area contributed by atoms with Crippen LogP contribution in [0.3, 0.4) is 0 Å². The number of benzene rings is 1. The minimum Gasteiger partial charge on any atom is -0.489 e. The molecule has 6 nitrogen and oxygen atoms in total. The smallest absolute Gasteiger partial charge is 0.240 e. The number of para-hydroxylation sites is 1. The molecule has 0 radical (unpaired) electrons. The average molecular weight is 286 g/mol. The standard InChI is InChI=1S/C12H18N2O4S/c13-12-10(5-3-6-11(12)19(14,15)16)18-8-9-4-1-2-7-17-9/h3,5-6,9H,1-2,4,7-8,13H2,(H2,14,15,16). The number of rotatable bonds is 4. The van der Waals surface area contributed by atoms with Crippen LogP contribution >= 0.6 is 0 Å². The molecule has 1 atom stereocenters. The highest BCUT2D eigenvalue weighted by Crippen LogP contribution is 2.28. The summed E-state index contributed by atoms with van der Waals surface area (Å²) in [5, 5.41) is 5.08. The van der Waals surface area contributed by atoms with Crippen LogP contribution in [0.5, 0.6) is 5.75 Å². The van der Waals surface area contributed by atoms with Crippen LogP contribution in [-0.4, -0.2) is 27.7 Å². The first-order valence-corrected chi connectivity index (χ1v) is 7.69. The van der Waals surface area contributed by atoms with Crippen molar-refractivity contribution in [3.05, 3.63) is 18.2 Å². The molecule has 0 spiro atoms. The quantitative estimate of drug-likeness (QED) is 0.799. The van der Waals surface area contributed by atoms with Gasteiger partial charge < -0.3 is 15.2 Å². The SMILES string of the molecule is Nc1c(OCC2CCCCO2)cccc1S(N)(=O)=O. The van der Waals surface area contributed by atoms with E-state index in [2.05, 4.69) is 0 Å². The van der Waals surface area contributed by atoms with E-state index >= 15 is 0 Å². The number of primary sulfonamides is 1. The Morgan fingerprint density at radius 3 is 2.79 bits per heavy atom. The normalized spacial score (nSPS) is 20.2. The number of anilines is 1. The first-order chi connectivity index (χ1) is 8.98. The maximum absolute atomic E-state index is 11.3. The lowest BCUT2D eigenvalue weighted by molar-refractivity contribution is -0.0109. The highest BCUT2D eigenvalue weighted by Gasteiger charge is 2.18. The van der Waals surface area contributed by atoms with E-state index in [4.69, 9.17) is 20.3 Å². The van der Waals surface area contributed by atoms with E-state index in [1.54, 1.807) is 12.1 Å². The zero-order valence-electron chi connectivity index (χ0n) is 10.5. The Labute approximate surface area is 112 Å². The highest BCUT2D eigenvalue weighted by molar-refractivity contribution is 7.89. The number of nitrogens with two attached hydrogens (primary N) is 2. The van der Waals surface area contributed by atoms with E-state index in [1.165, 1.54) is 6.07 Å². The van der Waals surface area contributed by atoms with Gasteiger partial charge in [0, 0.05) is 6.61 Å². The lowest BCUT2D eigenvalue weighted by Crippen LogP contribution is -2.26. The van der Waals surface area contributed by atoms with Gasteiger partial charge in [-0.25, -0.2) is 13.6 Å². The largest absolute Gasteiger partial charge is 0.489 e. The van der Waals surface area contributed by atoms with Crippen LogP contribution in [0.15, 0.2) is 23.1 Å². The molecule has 0 aliphatic carbocycles. The van der Waals surface area contributed by atoms with Crippen molar-refractivity contribution in [2.45, 2.75) is 30.3 Å². The summed E-state index contributed by atoms with van der Waals surface area (Å²) in [7, 11) is -3.84. The Morgan fingerprint density at radius 1 is 1.37 bits per heavy atom. The van der Waals surface area contributed by atoms with Gasteiger partial charge in [-0.3, -0.25) is 0 Å². The molecule has 0 amide bonds.